The van der Waals surface area contributed by atoms with E-state index in [0.29, 0.717) is 0 Å². The summed E-state index contributed by atoms with van der Waals surface area (Å²) < 4.78 is 13.3. The van der Waals surface area contributed by atoms with Gasteiger partial charge >= 0.3 is 0 Å². The van der Waals surface area contributed by atoms with Crippen molar-refractivity contribution < 1.29 is 8.83 Å². The van der Waals surface area contributed by atoms with Crippen LogP contribution in [0.1, 0.15) is 0 Å². The minimum Gasteiger partial charge on any atom is -0.456 e. The van der Waals surface area contributed by atoms with E-state index < -0.39 is 0 Å². The van der Waals surface area contributed by atoms with Gasteiger partial charge in [0.25, 0.3) is 0 Å². The van der Waals surface area contributed by atoms with E-state index in [-0.39, 0.29) is 0 Å². The van der Waals surface area contributed by atoms with Crippen molar-refractivity contribution in [3.63, 3.8) is 0 Å². The van der Waals surface area contributed by atoms with E-state index in [9.17, 15) is 0 Å². The number of anilines is 3. The summed E-state index contributed by atoms with van der Waals surface area (Å²) in [6.07, 6.45) is 0. The first-order valence-corrected chi connectivity index (χ1v) is 15.9. The number of rotatable bonds is 4. The first-order valence-electron chi connectivity index (χ1n) is 15.9. The van der Waals surface area contributed by atoms with Crippen LogP contribution in [0.4, 0.5) is 17.1 Å². The molecule has 0 amide bonds. The number of hydrogen-bond donors (Lipinski definition) is 0. The standard InChI is InChI=1S/C44H27NO2/c1-3-15-30-28(12-1)14-9-22-37(30)45(39-23-11-25-41-42(39)36-18-6-8-24-40(36)46-41)38-21-7-5-17-32(38)33-19-10-20-34-35-27-26-29-13-2-4-16-31(29)43(35)47-44(33)34/h1-27H. The van der Waals surface area contributed by atoms with Gasteiger partial charge < -0.3 is 13.7 Å². The average Bonchev–Trinajstić information content (AvgIpc) is 3.71. The third-order valence-electron chi connectivity index (χ3n) is 9.45. The summed E-state index contributed by atoms with van der Waals surface area (Å²) in [6.45, 7) is 0. The smallest absolute Gasteiger partial charge is 0.143 e. The zero-order chi connectivity index (χ0) is 30.9. The summed E-state index contributed by atoms with van der Waals surface area (Å²) >= 11 is 0. The predicted octanol–water partition coefficient (Wildman–Crippen LogP) is 12.9. The molecule has 0 N–H and O–H groups in total. The zero-order valence-corrected chi connectivity index (χ0v) is 25.4. The highest BCUT2D eigenvalue weighted by atomic mass is 16.3. The van der Waals surface area contributed by atoms with E-state index in [4.69, 9.17) is 8.83 Å². The van der Waals surface area contributed by atoms with Gasteiger partial charge in [-0.3, -0.25) is 0 Å². The Morgan fingerprint density at radius 3 is 1.81 bits per heavy atom. The third-order valence-corrected chi connectivity index (χ3v) is 9.45. The second-order valence-electron chi connectivity index (χ2n) is 12.0. The summed E-state index contributed by atoms with van der Waals surface area (Å²) in [5, 5.41) is 9.05. The van der Waals surface area contributed by atoms with Crippen LogP contribution in [0, 0.1) is 0 Å². The molecule has 220 valence electrons. The van der Waals surface area contributed by atoms with Crippen LogP contribution in [0.25, 0.3) is 76.5 Å². The maximum atomic E-state index is 6.85. The number of para-hydroxylation sites is 3. The largest absolute Gasteiger partial charge is 0.456 e. The minimum absolute atomic E-state index is 0.859. The summed E-state index contributed by atoms with van der Waals surface area (Å²) in [7, 11) is 0. The Morgan fingerprint density at radius 2 is 0.894 bits per heavy atom. The zero-order valence-electron chi connectivity index (χ0n) is 25.4. The van der Waals surface area contributed by atoms with Gasteiger partial charge in [0.05, 0.1) is 22.4 Å². The molecule has 0 radical (unpaired) electrons. The maximum Gasteiger partial charge on any atom is 0.143 e. The Kier molecular flexibility index (Phi) is 5.57. The molecule has 47 heavy (non-hydrogen) atoms. The fraction of sp³-hybridized carbons (Fsp3) is 0. The molecule has 0 saturated carbocycles. The fourth-order valence-electron chi connectivity index (χ4n) is 7.37. The number of furan rings is 2. The minimum atomic E-state index is 0.859. The van der Waals surface area contributed by atoms with Gasteiger partial charge in [0.1, 0.15) is 22.3 Å². The average molecular weight is 602 g/mol. The van der Waals surface area contributed by atoms with Crippen molar-refractivity contribution in [3.05, 3.63) is 164 Å². The van der Waals surface area contributed by atoms with Crippen LogP contribution >= 0.6 is 0 Å². The molecule has 0 atom stereocenters. The van der Waals surface area contributed by atoms with E-state index in [1.165, 1.54) is 16.2 Å². The summed E-state index contributed by atoms with van der Waals surface area (Å²) in [6, 6.07) is 57.8. The molecule has 2 aromatic heterocycles. The number of fused-ring (bicyclic) bond motifs is 9. The van der Waals surface area contributed by atoms with Gasteiger partial charge in [-0.05, 0) is 47.2 Å². The summed E-state index contributed by atoms with van der Waals surface area (Å²) in [5.41, 5.74) is 8.87. The van der Waals surface area contributed by atoms with E-state index in [0.717, 1.165) is 77.5 Å². The molecule has 0 saturated heterocycles. The van der Waals surface area contributed by atoms with Crippen molar-refractivity contribution in [2.75, 3.05) is 4.90 Å². The molecule has 8 aromatic carbocycles. The van der Waals surface area contributed by atoms with Gasteiger partial charge in [-0.15, -0.1) is 0 Å². The topological polar surface area (TPSA) is 29.5 Å². The van der Waals surface area contributed by atoms with Crippen molar-refractivity contribution in [2.24, 2.45) is 0 Å². The van der Waals surface area contributed by atoms with Crippen LogP contribution in [-0.2, 0) is 0 Å². The van der Waals surface area contributed by atoms with Gasteiger partial charge in [-0.2, -0.15) is 0 Å². The third kappa shape index (κ3) is 3.87. The highest BCUT2D eigenvalue weighted by Gasteiger charge is 2.24. The van der Waals surface area contributed by atoms with Crippen molar-refractivity contribution in [1.82, 2.24) is 0 Å². The molecule has 3 nitrogen and oxygen atoms in total. The van der Waals surface area contributed by atoms with Crippen LogP contribution in [0.2, 0.25) is 0 Å². The molecular weight excluding hydrogens is 574 g/mol. The summed E-state index contributed by atoms with van der Waals surface area (Å²) in [5.74, 6) is 0. The van der Waals surface area contributed by atoms with Crippen molar-refractivity contribution >= 4 is 82.5 Å². The molecular formula is C44H27NO2. The molecule has 2 heterocycles. The van der Waals surface area contributed by atoms with Crippen LogP contribution < -0.4 is 4.90 Å². The molecule has 0 unspecified atom stereocenters. The number of hydrogen-bond acceptors (Lipinski definition) is 3. The highest BCUT2D eigenvalue weighted by molar-refractivity contribution is 6.19. The first kappa shape index (κ1) is 26.0. The molecule has 0 fully saturated rings. The molecule has 0 spiro atoms. The SMILES string of the molecule is c1ccc(N(c2cccc3ccccc23)c2cccc3oc4ccccc4c23)c(-c2cccc3c2oc2c4ccccc4ccc32)c1. The van der Waals surface area contributed by atoms with E-state index >= 15 is 0 Å². The Morgan fingerprint density at radius 1 is 0.319 bits per heavy atom. The number of nitrogens with zero attached hydrogens (tertiary/aromatic N) is 1. The Hall–Kier alpha value is -6.32. The monoisotopic (exact) mass is 601 g/mol. The normalized spacial score (nSPS) is 11.8. The van der Waals surface area contributed by atoms with E-state index in [1.807, 2.05) is 12.1 Å². The van der Waals surface area contributed by atoms with Gasteiger partial charge in [-0.1, -0.05) is 127 Å². The lowest BCUT2D eigenvalue weighted by Crippen LogP contribution is -2.12. The summed E-state index contributed by atoms with van der Waals surface area (Å²) in [4.78, 5) is 2.40. The van der Waals surface area contributed by atoms with Crippen LogP contribution in [0.3, 0.4) is 0 Å². The second kappa shape index (κ2) is 10.1. The van der Waals surface area contributed by atoms with Crippen molar-refractivity contribution in [2.45, 2.75) is 0 Å². The van der Waals surface area contributed by atoms with Crippen LogP contribution in [-0.4, -0.2) is 0 Å². The first-order chi connectivity index (χ1) is 23.3. The predicted molar refractivity (Wildman–Crippen MR) is 196 cm³/mol. The van der Waals surface area contributed by atoms with E-state index in [2.05, 4.69) is 157 Å². The Labute approximate surface area is 270 Å². The van der Waals surface area contributed by atoms with Gasteiger partial charge in [0.15, 0.2) is 0 Å². The quantitative estimate of drug-likeness (QED) is 0.201. The Balaban J connectivity index is 1.31. The Bertz CT molecular complexity index is 2820. The lowest BCUT2D eigenvalue weighted by Gasteiger charge is -2.29. The van der Waals surface area contributed by atoms with Crippen LogP contribution in [0.5, 0.6) is 0 Å². The lowest BCUT2D eigenvalue weighted by molar-refractivity contribution is 0.669. The molecule has 0 aliphatic heterocycles. The molecule has 0 aliphatic rings. The number of benzene rings is 8. The second-order valence-corrected chi connectivity index (χ2v) is 12.0. The van der Waals surface area contributed by atoms with Crippen LogP contribution in [0.15, 0.2) is 173 Å². The molecule has 10 aromatic rings. The molecule has 0 bridgehead atoms. The van der Waals surface area contributed by atoms with Gasteiger partial charge in [0, 0.05) is 38.1 Å². The van der Waals surface area contributed by atoms with Crippen molar-refractivity contribution in [3.8, 4) is 11.1 Å². The van der Waals surface area contributed by atoms with Crippen molar-refractivity contribution in [1.29, 1.82) is 0 Å². The highest BCUT2D eigenvalue weighted by Crippen LogP contribution is 2.49. The van der Waals surface area contributed by atoms with E-state index in [1.54, 1.807) is 0 Å². The van der Waals surface area contributed by atoms with Gasteiger partial charge in [-0.25, -0.2) is 0 Å². The maximum absolute atomic E-state index is 6.85. The van der Waals surface area contributed by atoms with Gasteiger partial charge in [0.2, 0.25) is 0 Å². The lowest BCUT2D eigenvalue weighted by atomic mass is 9.97. The molecule has 10 rings (SSSR count). The fourth-order valence-corrected chi connectivity index (χ4v) is 7.37. The molecule has 0 aliphatic carbocycles. The molecule has 3 heteroatoms.